The van der Waals surface area contributed by atoms with Crippen molar-refractivity contribution in [2.75, 3.05) is 11.9 Å². The fourth-order valence-electron chi connectivity index (χ4n) is 2.59. The summed E-state index contributed by atoms with van der Waals surface area (Å²) < 4.78 is 0. The van der Waals surface area contributed by atoms with Gasteiger partial charge in [0.25, 0.3) is 5.91 Å². The normalized spacial score (nSPS) is 16.5. The van der Waals surface area contributed by atoms with E-state index in [9.17, 15) is 14.7 Å². The molecule has 23 heavy (non-hydrogen) atoms. The van der Waals surface area contributed by atoms with Gasteiger partial charge in [-0.05, 0) is 55.9 Å². The molecule has 0 fully saturated rings. The van der Waals surface area contributed by atoms with E-state index in [-0.39, 0.29) is 18.4 Å². The maximum absolute atomic E-state index is 12.3. The van der Waals surface area contributed by atoms with Crippen molar-refractivity contribution in [3.05, 3.63) is 29.3 Å². The third-order valence-corrected chi connectivity index (χ3v) is 4.15. The van der Waals surface area contributed by atoms with Crippen LogP contribution in [-0.4, -0.2) is 29.1 Å². The zero-order chi connectivity index (χ0) is 17.0. The maximum Gasteiger partial charge on any atom is 0.251 e. The number of rotatable bonds is 6. The summed E-state index contributed by atoms with van der Waals surface area (Å²) in [6.07, 6.45) is 2.67. The quantitative estimate of drug-likeness (QED) is 0.754. The smallest absolute Gasteiger partial charge is 0.251 e. The lowest BCUT2D eigenvalue weighted by molar-refractivity contribution is -0.116. The summed E-state index contributed by atoms with van der Waals surface area (Å²) in [5.74, 6) is 0.332. The topological polar surface area (TPSA) is 78.4 Å². The highest BCUT2D eigenvalue weighted by molar-refractivity contribution is 5.97. The molecule has 0 saturated carbocycles. The lowest BCUT2D eigenvalue weighted by Crippen LogP contribution is -2.40. The monoisotopic (exact) mass is 318 g/mol. The predicted octanol–water partition coefficient (Wildman–Crippen LogP) is 2.49. The number of hydrogen-bond donors (Lipinski definition) is 3. The van der Waals surface area contributed by atoms with Crippen molar-refractivity contribution in [2.45, 2.75) is 52.1 Å². The molecule has 1 aromatic carbocycles. The Morgan fingerprint density at radius 2 is 2.13 bits per heavy atom. The van der Waals surface area contributed by atoms with Crippen LogP contribution in [0.4, 0.5) is 5.69 Å². The highest BCUT2D eigenvalue weighted by atomic mass is 16.3. The minimum absolute atomic E-state index is 0.0101. The van der Waals surface area contributed by atoms with Gasteiger partial charge in [0.1, 0.15) is 0 Å². The highest BCUT2D eigenvalue weighted by Gasteiger charge is 2.22. The maximum atomic E-state index is 12.3. The van der Waals surface area contributed by atoms with Crippen molar-refractivity contribution in [2.24, 2.45) is 5.92 Å². The summed E-state index contributed by atoms with van der Waals surface area (Å²) >= 11 is 0. The summed E-state index contributed by atoms with van der Waals surface area (Å²) in [6, 6.07) is 5.27. The zero-order valence-corrected chi connectivity index (χ0v) is 14.1. The van der Waals surface area contributed by atoms with E-state index in [2.05, 4.69) is 24.5 Å². The van der Waals surface area contributed by atoms with Gasteiger partial charge in [-0.25, -0.2) is 0 Å². The first-order valence-electron chi connectivity index (χ1n) is 8.20. The van der Waals surface area contributed by atoms with Crippen LogP contribution >= 0.6 is 0 Å². The van der Waals surface area contributed by atoms with E-state index >= 15 is 0 Å². The van der Waals surface area contributed by atoms with Crippen molar-refractivity contribution in [3.8, 4) is 0 Å². The first kappa shape index (κ1) is 17.5. The molecule has 2 rings (SSSR count). The molecule has 0 spiro atoms. The molecule has 1 aromatic rings. The molecule has 0 radical (unpaired) electrons. The van der Waals surface area contributed by atoms with Gasteiger partial charge < -0.3 is 15.7 Å². The van der Waals surface area contributed by atoms with Crippen molar-refractivity contribution in [3.63, 3.8) is 0 Å². The van der Waals surface area contributed by atoms with Gasteiger partial charge in [0.15, 0.2) is 0 Å². The number of benzene rings is 1. The molecule has 1 heterocycles. The average Bonchev–Trinajstić information content (AvgIpc) is 2.50. The number of carbonyl (C=O) groups excluding carboxylic acids is 2. The summed E-state index contributed by atoms with van der Waals surface area (Å²) in [6.45, 7) is 6.20. The summed E-state index contributed by atoms with van der Waals surface area (Å²) in [4.78, 5) is 23.6. The predicted molar refractivity (Wildman–Crippen MR) is 90.4 cm³/mol. The van der Waals surface area contributed by atoms with Gasteiger partial charge in [0.05, 0.1) is 5.60 Å². The number of carbonyl (C=O) groups is 2. The van der Waals surface area contributed by atoms with Gasteiger partial charge in [0, 0.05) is 24.2 Å². The van der Waals surface area contributed by atoms with E-state index < -0.39 is 5.60 Å². The molecule has 2 amide bonds. The van der Waals surface area contributed by atoms with Crippen LogP contribution in [0, 0.1) is 5.92 Å². The number of aryl methyl sites for hydroxylation is 1. The van der Waals surface area contributed by atoms with Crippen LogP contribution in [0.25, 0.3) is 0 Å². The Kier molecular flexibility index (Phi) is 5.42. The summed E-state index contributed by atoms with van der Waals surface area (Å²) in [5.41, 5.74) is 1.41. The highest BCUT2D eigenvalue weighted by Crippen LogP contribution is 2.23. The minimum Gasteiger partial charge on any atom is -0.388 e. The Hall–Kier alpha value is -1.88. The van der Waals surface area contributed by atoms with Crippen LogP contribution in [0.2, 0.25) is 0 Å². The van der Waals surface area contributed by atoms with Crippen LogP contribution in [0.1, 0.15) is 56.0 Å². The first-order chi connectivity index (χ1) is 10.8. The average molecular weight is 318 g/mol. The fraction of sp³-hybridized carbons (Fsp3) is 0.556. The molecular weight excluding hydrogens is 292 g/mol. The van der Waals surface area contributed by atoms with Crippen molar-refractivity contribution in [1.29, 1.82) is 0 Å². The van der Waals surface area contributed by atoms with E-state index in [4.69, 9.17) is 0 Å². The number of hydrogen-bond acceptors (Lipinski definition) is 3. The standard InChI is InChI=1S/C18H26N2O3/c1-12(2)8-9-18(3,23)11-19-17(22)14-4-6-15-13(10-14)5-7-16(21)20-15/h4,6,10,12,23H,5,7-9,11H2,1-3H3,(H,19,22)(H,20,21). The van der Waals surface area contributed by atoms with Gasteiger partial charge in [-0.1, -0.05) is 13.8 Å². The molecule has 1 atom stereocenters. The number of anilines is 1. The molecule has 0 bridgehead atoms. The van der Waals surface area contributed by atoms with Gasteiger partial charge in [-0.3, -0.25) is 9.59 Å². The summed E-state index contributed by atoms with van der Waals surface area (Å²) in [5, 5.41) is 15.9. The Morgan fingerprint density at radius 1 is 1.39 bits per heavy atom. The Labute approximate surface area is 137 Å². The van der Waals surface area contributed by atoms with Crippen molar-refractivity contribution < 1.29 is 14.7 Å². The van der Waals surface area contributed by atoms with Crippen LogP contribution in [0.3, 0.4) is 0 Å². The molecule has 1 unspecified atom stereocenters. The molecule has 5 nitrogen and oxygen atoms in total. The Bertz CT molecular complexity index is 594. The fourth-order valence-corrected chi connectivity index (χ4v) is 2.59. The SMILES string of the molecule is CC(C)CCC(C)(O)CNC(=O)c1ccc2c(c1)CCC(=O)N2. The van der Waals surface area contributed by atoms with E-state index in [1.54, 1.807) is 19.1 Å². The number of nitrogens with one attached hydrogen (secondary N) is 2. The third-order valence-electron chi connectivity index (χ3n) is 4.15. The minimum atomic E-state index is -0.901. The van der Waals surface area contributed by atoms with E-state index in [1.807, 2.05) is 6.07 Å². The van der Waals surface area contributed by atoms with Gasteiger partial charge in [0.2, 0.25) is 5.91 Å². The Balaban J connectivity index is 1.95. The molecule has 1 aliphatic rings. The van der Waals surface area contributed by atoms with Crippen molar-refractivity contribution in [1.82, 2.24) is 5.32 Å². The lowest BCUT2D eigenvalue weighted by Gasteiger charge is -2.24. The number of fused-ring (bicyclic) bond motifs is 1. The Morgan fingerprint density at radius 3 is 2.83 bits per heavy atom. The molecule has 1 aliphatic heterocycles. The molecule has 0 aliphatic carbocycles. The van der Waals surface area contributed by atoms with Crippen LogP contribution in [0.15, 0.2) is 18.2 Å². The molecular formula is C18H26N2O3. The van der Waals surface area contributed by atoms with Crippen molar-refractivity contribution >= 4 is 17.5 Å². The summed E-state index contributed by atoms with van der Waals surface area (Å²) in [7, 11) is 0. The molecule has 3 N–H and O–H groups in total. The zero-order valence-electron chi connectivity index (χ0n) is 14.1. The van der Waals surface area contributed by atoms with Crippen LogP contribution in [-0.2, 0) is 11.2 Å². The second kappa shape index (κ2) is 7.13. The number of amides is 2. The molecule has 5 heteroatoms. The van der Waals surface area contributed by atoms with Gasteiger partial charge in [-0.2, -0.15) is 0 Å². The largest absolute Gasteiger partial charge is 0.388 e. The molecule has 0 saturated heterocycles. The van der Waals surface area contributed by atoms with Gasteiger partial charge in [-0.15, -0.1) is 0 Å². The van der Waals surface area contributed by atoms with Gasteiger partial charge >= 0.3 is 0 Å². The number of aliphatic hydroxyl groups is 1. The second-order valence-electron chi connectivity index (χ2n) is 7.03. The second-order valence-corrected chi connectivity index (χ2v) is 7.03. The lowest BCUT2D eigenvalue weighted by atomic mass is 9.95. The van der Waals surface area contributed by atoms with Crippen LogP contribution in [0.5, 0.6) is 0 Å². The first-order valence-corrected chi connectivity index (χ1v) is 8.20. The van der Waals surface area contributed by atoms with E-state index in [1.165, 1.54) is 0 Å². The molecule has 126 valence electrons. The molecule has 0 aromatic heterocycles. The van der Waals surface area contributed by atoms with Crippen LogP contribution < -0.4 is 10.6 Å². The third kappa shape index (κ3) is 5.06. The van der Waals surface area contributed by atoms with E-state index in [0.717, 1.165) is 17.7 Å². The van der Waals surface area contributed by atoms with E-state index in [0.29, 0.717) is 30.7 Å².